The molecule has 94 valence electrons. The third kappa shape index (κ3) is 4.28. The number of aliphatic hydroxyl groups excluding tert-OH is 1. The number of ether oxygens (including phenoxy) is 1. The number of aliphatic hydroxyl groups is 1. The smallest absolute Gasteiger partial charge is 0.257 e. The Balaban J connectivity index is 2.52. The van der Waals surface area contributed by atoms with Crippen molar-refractivity contribution in [2.24, 2.45) is 0 Å². The minimum Gasteiger partial charge on any atom is -0.478 e. The number of hydrogen-bond acceptors (Lipinski definition) is 4. The molecular formula is C11H16N2O4. The Hall–Kier alpha value is -1.82. The fourth-order valence-electron chi connectivity index (χ4n) is 1.16. The molecule has 1 heterocycles. The number of nitrogens with one attached hydrogen (secondary N) is 2. The van der Waals surface area contributed by atoms with Gasteiger partial charge in [-0.3, -0.25) is 9.59 Å². The Morgan fingerprint density at radius 2 is 2.35 bits per heavy atom. The molecule has 6 nitrogen and oxygen atoms in total. The van der Waals surface area contributed by atoms with Gasteiger partial charge in [-0.15, -0.1) is 0 Å². The van der Waals surface area contributed by atoms with E-state index >= 15 is 0 Å². The van der Waals surface area contributed by atoms with Gasteiger partial charge in [0.25, 0.3) is 5.91 Å². The summed E-state index contributed by atoms with van der Waals surface area (Å²) in [6.45, 7) is 2.09. The summed E-state index contributed by atoms with van der Waals surface area (Å²) in [5.74, 6) is -0.202. The maximum atomic E-state index is 11.4. The Bertz CT molecular complexity index is 428. The van der Waals surface area contributed by atoms with Gasteiger partial charge in [0.05, 0.1) is 6.61 Å². The lowest BCUT2D eigenvalue weighted by atomic mass is 10.3. The van der Waals surface area contributed by atoms with Gasteiger partial charge in [-0.1, -0.05) is 6.92 Å². The van der Waals surface area contributed by atoms with Crippen molar-refractivity contribution < 1.29 is 14.6 Å². The van der Waals surface area contributed by atoms with Crippen LogP contribution in [0.25, 0.3) is 0 Å². The number of aromatic nitrogens is 1. The van der Waals surface area contributed by atoms with Gasteiger partial charge in [-0.2, -0.15) is 0 Å². The van der Waals surface area contributed by atoms with Crippen LogP contribution in [-0.4, -0.2) is 29.1 Å². The summed E-state index contributed by atoms with van der Waals surface area (Å²) in [4.78, 5) is 25.3. The number of pyridine rings is 1. The lowest BCUT2D eigenvalue weighted by Gasteiger charge is -2.06. The third-order valence-electron chi connectivity index (χ3n) is 2.04. The summed E-state index contributed by atoms with van der Waals surface area (Å²) in [6, 6.07) is 1.24. The van der Waals surface area contributed by atoms with Crippen LogP contribution in [0.1, 0.15) is 19.0 Å². The monoisotopic (exact) mass is 240 g/mol. The molecule has 0 saturated carbocycles. The van der Waals surface area contributed by atoms with Gasteiger partial charge in [-0.25, -0.2) is 0 Å². The second kappa shape index (κ2) is 6.70. The third-order valence-corrected chi connectivity index (χ3v) is 2.04. The summed E-state index contributed by atoms with van der Waals surface area (Å²) in [7, 11) is 0. The van der Waals surface area contributed by atoms with E-state index in [1.807, 2.05) is 6.92 Å². The molecule has 0 radical (unpaired) electrons. The number of aromatic amines is 1. The summed E-state index contributed by atoms with van der Waals surface area (Å²) < 4.78 is 5.06. The van der Waals surface area contributed by atoms with Crippen LogP contribution in [0.2, 0.25) is 0 Å². The van der Waals surface area contributed by atoms with Crippen molar-refractivity contribution in [3.63, 3.8) is 0 Å². The molecule has 3 N–H and O–H groups in total. The van der Waals surface area contributed by atoms with E-state index in [1.165, 1.54) is 12.3 Å². The van der Waals surface area contributed by atoms with Crippen molar-refractivity contribution in [1.82, 2.24) is 10.3 Å². The lowest BCUT2D eigenvalue weighted by Crippen LogP contribution is -2.30. The molecule has 0 aromatic carbocycles. The van der Waals surface area contributed by atoms with Crippen LogP contribution < -0.4 is 15.5 Å². The van der Waals surface area contributed by atoms with E-state index in [4.69, 9.17) is 9.84 Å². The van der Waals surface area contributed by atoms with E-state index in [-0.39, 0.29) is 30.3 Å². The highest BCUT2D eigenvalue weighted by atomic mass is 16.5. The Kier molecular flexibility index (Phi) is 5.22. The van der Waals surface area contributed by atoms with Gasteiger partial charge in [-0.05, 0) is 6.42 Å². The SMILES string of the molecule is CCCNC(=O)COc1c[nH]c(CO)cc1=O. The zero-order valence-corrected chi connectivity index (χ0v) is 9.66. The normalized spacial score (nSPS) is 10.0. The van der Waals surface area contributed by atoms with E-state index < -0.39 is 0 Å². The number of carbonyl (C=O) groups is 1. The number of H-pyrrole nitrogens is 1. The summed E-state index contributed by atoms with van der Waals surface area (Å²) >= 11 is 0. The summed E-state index contributed by atoms with van der Waals surface area (Å²) in [6.07, 6.45) is 2.18. The molecule has 0 aliphatic heterocycles. The molecule has 1 amide bonds. The molecule has 17 heavy (non-hydrogen) atoms. The standard InChI is InChI=1S/C11H16N2O4/c1-2-3-12-11(16)7-17-10-5-13-8(6-14)4-9(10)15/h4-5,14H,2-3,6-7H2,1H3,(H,12,16)(H,13,15). The van der Waals surface area contributed by atoms with E-state index in [2.05, 4.69) is 10.3 Å². The molecule has 1 rings (SSSR count). The average molecular weight is 240 g/mol. The fourth-order valence-corrected chi connectivity index (χ4v) is 1.16. The van der Waals surface area contributed by atoms with Crippen molar-refractivity contribution in [2.75, 3.05) is 13.2 Å². The van der Waals surface area contributed by atoms with Crippen LogP contribution in [-0.2, 0) is 11.4 Å². The maximum Gasteiger partial charge on any atom is 0.257 e. The second-order valence-electron chi connectivity index (χ2n) is 3.48. The predicted octanol–water partition coefficient (Wildman–Crippen LogP) is -0.228. The topological polar surface area (TPSA) is 91.4 Å². The van der Waals surface area contributed by atoms with Crippen molar-refractivity contribution in [3.8, 4) is 5.75 Å². The van der Waals surface area contributed by atoms with Crippen molar-refractivity contribution in [3.05, 3.63) is 28.2 Å². The van der Waals surface area contributed by atoms with Crippen LogP contribution >= 0.6 is 0 Å². The van der Waals surface area contributed by atoms with Gasteiger partial charge in [0.1, 0.15) is 0 Å². The number of rotatable bonds is 6. The molecule has 0 aliphatic carbocycles. The first-order valence-electron chi connectivity index (χ1n) is 5.39. The Labute approximate surface area is 98.6 Å². The van der Waals surface area contributed by atoms with E-state index in [0.717, 1.165) is 6.42 Å². The second-order valence-corrected chi connectivity index (χ2v) is 3.48. The first-order valence-corrected chi connectivity index (χ1v) is 5.39. The van der Waals surface area contributed by atoms with Crippen LogP contribution in [0, 0.1) is 0 Å². The molecule has 0 unspecified atom stereocenters. The summed E-state index contributed by atoms with van der Waals surface area (Å²) in [5, 5.41) is 11.4. The minimum absolute atomic E-state index is 0.0637. The highest BCUT2D eigenvalue weighted by Crippen LogP contribution is 2.01. The van der Waals surface area contributed by atoms with Gasteiger partial charge in [0, 0.05) is 24.5 Å². The average Bonchev–Trinajstić information content (AvgIpc) is 2.34. The van der Waals surface area contributed by atoms with Gasteiger partial charge in [0.15, 0.2) is 12.4 Å². The first-order chi connectivity index (χ1) is 8.17. The molecule has 0 atom stereocenters. The van der Waals surface area contributed by atoms with Gasteiger partial charge < -0.3 is 20.1 Å². The van der Waals surface area contributed by atoms with Crippen LogP contribution in [0.3, 0.4) is 0 Å². The van der Waals surface area contributed by atoms with Crippen LogP contribution in [0.15, 0.2) is 17.1 Å². The zero-order valence-electron chi connectivity index (χ0n) is 9.66. The molecule has 0 bridgehead atoms. The molecule has 0 fully saturated rings. The minimum atomic E-state index is -0.365. The first kappa shape index (κ1) is 13.2. The number of amides is 1. The van der Waals surface area contributed by atoms with Gasteiger partial charge >= 0.3 is 0 Å². The molecule has 6 heteroatoms. The largest absolute Gasteiger partial charge is 0.478 e. The lowest BCUT2D eigenvalue weighted by molar-refractivity contribution is -0.123. The van der Waals surface area contributed by atoms with Gasteiger partial charge in [0.2, 0.25) is 5.43 Å². The van der Waals surface area contributed by atoms with Crippen LogP contribution in [0.4, 0.5) is 0 Å². The van der Waals surface area contributed by atoms with Crippen molar-refractivity contribution >= 4 is 5.91 Å². The van der Waals surface area contributed by atoms with E-state index in [1.54, 1.807) is 0 Å². The van der Waals surface area contributed by atoms with Crippen molar-refractivity contribution in [1.29, 1.82) is 0 Å². The number of carbonyl (C=O) groups excluding carboxylic acids is 1. The van der Waals surface area contributed by atoms with Crippen LogP contribution in [0.5, 0.6) is 5.75 Å². The predicted molar refractivity (Wildman–Crippen MR) is 61.8 cm³/mol. The quantitative estimate of drug-likeness (QED) is 0.640. The zero-order chi connectivity index (χ0) is 12.7. The number of hydrogen-bond donors (Lipinski definition) is 3. The molecule has 1 aromatic heterocycles. The van der Waals surface area contributed by atoms with E-state index in [9.17, 15) is 9.59 Å². The molecule has 0 aliphatic rings. The molecule has 0 spiro atoms. The Morgan fingerprint density at radius 1 is 1.59 bits per heavy atom. The van der Waals surface area contributed by atoms with Crippen molar-refractivity contribution in [2.45, 2.75) is 20.0 Å². The molecule has 0 saturated heterocycles. The fraction of sp³-hybridized carbons (Fsp3) is 0.455. The van der Waals surface area contributed by atoms with E-state index in [0.29, 0.717) is 12.2 Å². The molecular weight excluding hydrogens is 224 g/mol. The summed E-state index contributed by atoms with van der Waals surface area (Å²) in [5.41, 5.74) is 0.0360. The Morgan fingerprint density at radius 3 is 2.94 bits per heavy atom. The highest BCUT2D eigenvalue weighted by molar-refractivity contribution is 5.77. The highest BCUT2D eigenvalue weighted by Gasteiger charge is 2.05. The maximum absolute atomic E-state index is 11.4. The molecule has 1 aromatic rings.